The largest absolute Gasteiger partial charge is 0.322 e. The van der Waals surface area contributed by atoms with E-state index in [0.717, 1.165) is 0 Å². The molecule has 2 aromatic carbocycles. The second kappa shape index (κ2) is 6.03. The van der Waals surface area contributed by atoms with Crippen LogP contribution in [0.2, 0.25) is 5.02 Å². The molecule has 0 aliphatic rings. The topological polar surface area (TPSA) is 29.1 Å². The van der Waals surface area contributed by atoms with Crippen molar-refractivity contribution < 1.29 is 9.18 Å². The maximum absolute atomic E-state index is 13.3. The second-order valence-corrected chi connectivity index (χ2v) is 5.95. The van der Waals surface area contributed by atoms with E-state index in [2.05, 4.69) is 37.2 Å². The van der Waals surface area contributed by atoms with Crippen molar-refractivity contribution in [2.75, 3.05) is 5.32 Å². The number of anilines is 1. The van der Waals surface area contributed by atoms with Crippen LogP contribution in [0.25, 0.3) is 0 Å². The van der Waals surface area contributed by atoms with Crippen molar-refractivity contribution in [3.63, 3.8) is 0 Å². The Morgan fingerprint density at radius 3 is 2.53 bits per heavy atom. The summed E-state index contributed by atoms with van der Waals surface area (Å²) in [5.74, 6) is -0.796. The first-order chi connectivity index (χ1) is 8.95. The molecule has 6 heteroatoms. The highest BCUT2D eigenvalue weighted by atomic mass is 79.9. The Morgan fingerprint density at radius 1 is 1.16 bits per heavy atom. The van der Waals surface area contributed by atoms with Gasteiger partial charge in [-0.1, -0.05) is 27.5 Å². The minimum atomic E-state index is -0.440. The van der Waals surface area contributed by atoms with Crippen LogP contribution in [-0.4, -0.2) is 5.91 Å². The number of carbonyl (C=O) groups excluding carboxylic acids is 1. The van der Waals surface area contributed by atoms with Gasteiger partial charge in [0.1, 0.15) is 5.82 Å². The molecule has 2 rings (SSSR count). The average Bonchev–Trinajstić information content (AvgIpc) is 2.32. The summed E-state index contributed by atoms with van der Waals surface area (Å²) >= 11 is 12.2. The van der Waals surface area contributed by atoms with Crippen LogP contribution in [0.15, 0.2) is 45.3 Å². The van der Waals surface area contributed by atoms with E-state index in [1.807, 2.05) is 0 Å². The van der Waals surface area contributed by atoms with E-state index in [4.69, 9.17) is 11.6 Å². The van der Waals surface area contributed by atoms with E-state index in [-0.39, 0.29) is 5.91 Å². The Hall–Kier alpha value is -0.910. The first kappa shape index (κ1) is 14.5. The molecule has 0 aliphatic carbocycles. The van der Waals surface area contributed by atoms with Crippen molar-refractivity contribution in [1.29, 1.82) is 0 Å². The number of rotatable bonds is 2. The monoisotopic (exact) mass is 405 g/mol. The van der Waals surface area contributed by atoms with Gasteiger partial charge in [-0.15, -0.1) is 0 Å². The summed E-state index contributed by atoms with van der Waals surface area (Å²) in [6.45, 7) is 0. The summed E-state index contributed by atoms with van der Waals surface area (Å²) in [6.07, 6.45) is 0. The van der Waals surface area contributed by atoms with Crippen LogP contribution < -0.4 is 5.32 Å². The van der Waals surface area contributed by atoms with Crippen LogP contribution in [0.5, 0.6) is 0 Å². The normalized spacial score (nSPS) is 10.3. The molecule has 1 amide bonds. The molecule has 19 heavy (non-hydrogen) atoms. The first-order valence-electron chi connectivity index (χ1n) is 5.18. The number of amides is 1. The molecule has 2 aromatic rings. The summed E-state index contributed by atoms with van der Waals surface area (Å²) < 4.78 is 14.4. The van der Waals surface area contributed by atoms with E-state index in [1.54, 1.807) is 18.2 Å². The van der Waals surface area contributed by atoms with Crippen LogP contribution in [0, 0.1) is 5.82 Å². The highest BCUT2D eigenvalue weighted by molar-refractivity contribution is 9.10. The van der Waals surface area contributed by atoms with Crippen LogP contribution in [0.1, 0.15) is 10.4 Å². The molecule has 0 saturated heterocycles. The van der Waals surface area contributed by atoms with Crippen molar-refractivity contribution in [3.05, 3.63) is 61.7 Å². The Bertz CT molecular complexity index is 628. The summed E-state index contributed by atoms with van der Waals surface area (Å²) in [6, 6.07) is 9.22. The molecule has 0 bridgehead atoms. The molecule has 0 spiro atoms. The minimum absolute atomic E-state index is 0.344. The molecule has 0 atom stereocenters. The van der Waals surface area contributed by atoms with Gasteiger partial charge in [0, 0.05) is 20.7 Å². The van der Waals surface area contributed by atoms with Crippen molar-refractivity contribution in [3.8, 4) is 0 Å². The second-order valence-electron chi connectivity index (χ2n) is 3.74. The van der Waals surface area contributed by atoms with Gasteiger partial charge in [0.05, 0.1) is 4.47 Å². The number of hydrogen-bond donors (Lipinski definition) is 1. The smallest absolute Gasteiger partial charge is 0.255 e. The SMILES string of the molecule is O=C(Nc1ccc(Br)c(F)c1)c1cc(Cl)cc(Br)c1. The van der Waals surface area contributed by atoms with E-state index in [0.29, 0.717) is 25.2 Å². The Balaban J connectivity index is 2.22. The van der Waals surface area contributed by atoms with Crippen LogP contribution in [0.4, 0.5) is 10.1 Å². The van der Waals surface area contributed by atoms with Crippen molar-refractivity contribution in [1.82, 2.24) is 0 Å². The predicted octanol–water partition coefficient (Wildman–Crippen LogP) is 5.26. The molecular formula is C13H7Br2ClFNO. The van der Waals surface area contributed by atoms with Crippen molar-refractivity contribution in [2.45, 2.75) is 0 Å². The van der Waals surface area contributed by atoms with Crippen LogP contribution in [0.3, 0.4) is 0 Å². The van der Waals surface area contributed by atoms with Gasteiger partial charge in [0.25, 0.3) is 5.91 Å². The van der Waals surface area contributed by atoms with Gasteiger partial charge >= 0.3 is 0 Å². The quantitative estimate of drug-likeness (QED) is 0.723. The lowest BCUT2D eigenvalue weighted by Gasteiger charge is -2.07. The minimum Gasteiger partial charge on any atom is -0.322 e. The number of halogens is 4. The fraction of sp³-hybridized carbons (Fsp3) is 0. The maximum Gasteiger partial charge on any atom is 0.255 e. The molecule has 0 aromatic heterocycles. The Labute approximate surface area is 131 Å². The van der Waals surface area contributed by atoms with Crippen molar-refractivity contribution >= 4 is 55.1 Å². The van der Waals surface area contributed by atoms with Gasteiger partial charge in [0.2, 0.25) is 0 Å². The van der Waals surface area contributed by atoms with E-state index in [1.165, 1.54) is 18.2 Å². The average molecular weight is 407 g/mol. The van der Waals surface area contributed by atoms with E-state index in [9.17, 15) is 9.18 Å². The van der Waals surface area contributed by atoms with Gasteiger partial charge in [-0.2, -0.15) is 0 Å². The lowest BCUT2D eigenvalue weighted by atomic mass is 10.2. The van der Waals surface area contributed by atoms with Gasteiger partial charge in [0.15, 0.2) is 0 Å². The van der Waals surface area contributed by atoms with Crippen molar-refractivity contribution in [2.24, 2.45) is 0 Å². The third kappa shape index (κ3) is 3.78. The third-order valence-corrected chi connectivity index (χ3v) is 3.62. The highest BCUT2D eigenvalue weighted by Gasteiger charge is 2.09. The molecule has 2 nitrogen and oxygen atoms in total. The summed E-state index contributed by atoms with van der Waals surface area (Å²) in [4.78, 5) is 12.0. The van der Waals surface area contributed by atoms with Gasteiger partial charge < -0.3 is 5.32 Å². The molecule has 0 radical (unpaired) electrons. The van der Waals surface area contributed by atoms with E-state index >= 15 is 0 Å². The fourth-order valence-electron chi connectivity index (χ4n) is 1.46. The number of carbonyl (C=O) groups is 1. The molecule has 0 fully saturated rings. The molecule has 0 unspecified atom stereocenters. The predicted molar refractivity (Wildman–Crippen MR) is 81.2 cm³/mol. The zero-order valence-corrected chi connectivity index (χ0v) is 13.3. The van der Waals surface area contributed by atoms with Gasteiger partial charge in [-0.25, -0.2) is 4.39 Å². The standard InChI is InChI=1S/C13H7Br2ClFNO/c14-8-3-7(4-9(16)5-8)13(19)18-10-1-2-11(15)12(17)6-10/h1-6H,(H,18,19). The number of nitrogens with one attached hydrogen (secondary N) is 1. The first-order valence-corrected chi connectivity index (χ1v) is 7.14. The molecule has 1 N–H and O–H groups in total. The Morgan fingerprint density at radius 2 is 1.89 bits per heavy atom. The lowest BCUT2D eigenvalue weighted by molar-refractivity contribution is 0.102. The summed E-state index contributed by atoms with van der Waals surface area (Å²) in [5, 5.41) is 3.05. The van der Waals surface area contributed by atoms with Crippen LogP contribution >= 0.6 is 43.5 Å². The highest BCUT2D eigenvalue weighted by Crippen LogP contribution is 2.22. The fourth-order valence-corrected chi connectivity index (χ4v) is 2.57. The van der Waals surface area contributed by atoms with Crippen LogP contribution in [-0.2, 0) is 0 Å². The lowest BCUT2D eigenvalue weighted by Crippen LogP contribution is -2.12. The summed E-state index contributed by atoms with van der Waals surface area (Å²) in [7, 11) is 0. The summed E-state index contributed by atoms with van der Waals surface area (Å²) in [5.41, 5.74) is 0.768. The zero-order chi connectivity index (χ0) is 14.0. The number of benzene rings is 2. The van der Waals surface area contributed by atoms with Gasteiger partial charge in [-0.3, -0.25) is 4.79 Å². The molecule has 0 heterocycles. The molecule has 0 saturated carbocycles. The van der Waals surface area contributed by atoms with Gasteiger partial charge in [-0.05, 0) is 52.3 Å². The number of hydrogen-bond acceptors (Lipinski definition) is 1. The zero-order valence-electron chi connectivity index (χ0n) is 9.38. The Kier molecular flexibility index (Phi) is 4.60. The third-order valence-electron chi connectivity index (χ3n) is 2.30. The maximum atomic E-state index is 13.3. The molecular weight excluding hydrogens is 400 g/mol. The molecule has 0 aliphatic heterocycles. The van der Waals surface area contributed by atoms with E-state index < -0.39 is 5.82 Å². The molecule has 98 valence electrons.